The van der Waals surface area contributed by atoms with Crippen molar-refractivity contribution in [3.63, 3.8) is 0 Å². The molecule has 0 saturated carbocycles. The van der Waals surface area contributed by atoms with Crippen molar-refractivity contribution in [2.75, 3.05) is 20.2 Å². The van der Waals surface area contributed by atoms with Crippen LogP contribution in [0.25, 0.3) is 17.2 Å². The molecular formula is C18H19N5O3. The van der Waals surface area contributed by atoms with E-state index in [1.807, 2.05) is 34.3 Å². The number of carbonyl (C=O) groups is 2. The fourth-order valence-corrected chi connectivity index (χ4v) is 3.37. The topological polar surface area (TPSA) is 81.7 Å². The molecule has 8 heteroatoms. The maximum atomic E-state index is 12.8. The van der Waals surface area contributed by atoms with Crippen LogP contribution >= 0.6 is 0 Å². The molecule has 1 unspecified atom stereocenters. The molecular weight excluding hydrogens is 334 g/mol. The number of nitrogens with zero attached hydrogens (tertiary/aromatic N) is 5. The first-order valence-corrected chi connectivity index (χ1v) is 8.42. The maximum absolute atomic E-state index is 12.8. The number of pyridine rings is 1. The van der Waals surface area contributed by atoms with Gasteiger partial charge in [0.15, 0.2) is 11.5 Å². The van der Waals surface area contributed by atoms with Gasteiger partial charge in [0.2, 0.25) is 0 Å². The van der Waals surface area contributed by atoms with Crippen molar-refractivity contribution >= 4 is 17.5 Å². The Morgan fingerprint density at radius 1 is 1.23 bits per heavy atom. The van der Waals surface area contributed by atoms with E-state index in [9.17, 15) is 9.59 Å². The van der Waals surface area contributed by atoms with Crippen LogP contribution in [0.5, 0.6) is 0 Å². The highest BCUT2D eigenvalue weighted by Gasteiger charge is 2.32. The van der Waals surface area contributed by atoms with Gasteiger partial charge < -0.3 is 14.2 Å². The Labute approximate surface area is 150 Å². The Balaban J connectivity index is 1.64. The molecule has 1 amide bonds. The molecule has 3 aromatic heterocycles. The van der Waals surface area contributed by atoms with E-state index in [2.05, 4.69) is 10.2 Å². The summed E-state index contributed by atoms with van der Waals surface area (Å²) in [5.74, 6) is 0.0583. The highest BCUT2D eigenvalue weighted by atomic mass is 16.5. The fourth-order valence-electron chi connectivity index (χ4n) is 3.37. The summed E-state index contributed by atoms with van der Waals surface area (Å²) < 4.78 is 8.55. The predicted octanol–water partition coefficient (Wildman–Crippen LogP) is 1.37. The SMILES string of the molecule is COC(=O)C1CCN(C(=O)c2ccc3nnc(-c4cccn4C)n3c2)C1. The highest BCUT2D eigenvalue weighted by Crippen LogP contribution is 2.22. The van der Waals surface area contributed by atoms with Gasteiger partial charge in [-0.05, 0) is 30.7 Å². The van der Waals surface area contributed by atoms with Crippen LogP contribution < -0.4 is 0 Å². The lowest BCUT2D eigenvalue weighted by atomic mass is 10.1. The van der Waals surface area contributed by atoms with Gasteiger partial charge in [0.1, 0.15) is 0 Å². The molecule has 0 bridgehead atoms. The largest absolute Gasteiger partial charge is 0.469 e. The second-order valence-electron chi connectivity index (χ2n) is 6.43. The molecule has 4 heterocycles. The number of ether oxygens (including phenoxy) is 1. The van der Waals surface area contributed by atoms with Crippen LogP contribution in [0.2, 0.25) is 0 Å². The summed E-state index contributed by atoms with van der Waals surface area (Å²) in [6.07, 6.45) is 4.32. The highest BCUT2D eigenvalue weighted by molar-refractivity contribution is 5.95. The van der Waals surface area contributed by atoms with E-state index in [0.29, 0.717) is 36.5 Å². The van der Waals surface area contributed by atoms with Crippen molar-refractivity contribution in [3.05, 3.63) is 42.2 Å². The Bertz CT molecular complexity index is 990. The summed E-state index contributed by atoms with van der Waals surface area (Å²) in [6.45, 7) is 0.930. The van der Waals surface area contributed by atoms with Crippen LogP contribution in [0.1, 0.15) is 16.8 Å². The number of aryl methyl sites for hydroxylation is 1. The first-order valence-electron chi connectivity index (χ1n) is 8.42. The van der Waals surface area contributed by atoms with Gasteiger partial charge in [-0.2, -0.15) is 0 Å². The van der Waals surface area contributed by atoms with Crippen LogP contribution in [0, 0.1) is 5.92 Å². The van der Waals surface area contributed by atoms with Gasteiger partial charge in [0, 0.05) is 32.5 Å². The number of fused-ring (bicyclic) bond motifs is 1. The molecule has 0 aliphatic carbocycles. The minimum absolute atomic E-state index is 0.107. The molecule has 1 atom stereocenters. The van der Waals surface area contributed by atoms with E-state index >= 15 is 0 Å². The number of hydrogen-bond acceptors (Lipinski definition) is 5. The lowest BCUT2D eigenvalue weighted by molar-refractivity contribution is -0.144. The number of likely N-dealkylation sites (tertiary alicyclic amines) is 1. The Morgan fingerprint density at radius 3 is 2.81 bits per heavy atom. The van der Waals surface area contributed by atoms with Gasteiger partial charge in [-0.25, -0.2) is 0 Å². The molecule has 0 spiro atoms. The van der Waals surface area contributed by atoms with Gasteiger partial charge in [0.25, 0.3) is 5.91 Å². The van der Waals surface area contributed by atoms with Crippen molar-refractivity contribution in [2.45, 2.75) is 6.42 Å². The number of hydrogen-bond donors (Lipinski definition) is 0. The van der Waals surface area contributed by atoms with E-state index in [0.717, 1.165) is 5.69 Å². The van der Waals surface area contributed by atoms with E-state index in [4.69, 9.17) is 4.74 Å². The first kappa shape index (κ1) is 16.3. The summed E-state index contributed by atoms with van der Waals surface area (Å²) in [5, 5.41) is 8.42. The van der Waals surface area contributed by atoms with Crippen LogP contribution in [-0.2, 0) is 16.6 Å². The van der Waals surface area contributed by atoms with E-state index in [1.165, 1.54) is 7.11 Å². The van der Waals surface area contributed by atoms with Crippen molar-refractivity contribution < 1.29 is 14.3 Å². The predicted molar refractivity (Wildman–Crippen MR) is 93.4 cm³/mol. The van der Waals surface area contributed by atoms with Crippen LogP contribution in [0.15, 0.2) is 36.7 Å². The molecule has 1 aliphatic rings. The molecule has 0 N–H and O–H groups in total. The molecule has 134 valence electrons. The average molecular weight is 353 g/mol. The second kappa shape index (κ2) is 6.29. The summed E-state index contributed by atoms with van der Waals surface area (Å²) in [4.78, 5) is 26.2. The van der Waals surface area contributed by atoms with Gasteiger partial charge in [0.05, 0.1) is 24.3 Å². The van der Waals surface area contributed by atoms with Crippen molar-refractivity contribution in [3.8, 4) is 11.5 Å². The molecule has 1 aliphatic heterocycles. The minimum Gasteiger partial charge on any atom is -0.469 e. The molecule has 26 heavy (non-hydrogen) atoms. The monoisotopic (exact) mass is 353 g/mol. The van der Waals surface area contributed by atoms with Crippen molar-refractivity contribution in [1.82, 2.24) is 24.1 Å². The maximum Gasteiger partial charge on any atom is 0.310 e. The Kier molecular flexibility index (Phi) is 3.95. The quantitative estimate of drug-likeness (QED) is 0.664. The first-order chi connectivity index (χ1) is 12.6. The number of methoxy groups -OCH3 is 1. The smallest absolute Gasteiger partial charge is 0.310 e. The summed E-state index contributed by atoms with van der Waals surface area (Å²) in [7, 11) is 3.31. The number of aromatic nitrogens is 4. The third-order valence-corrected chi connectivity index (χ3v) is 4.83. The second-order valence-corrected chi connectivity index (χ2v) is 6.43. The third kappa shape index (κ3) is 2.63. The number of amides is 1. The normalized spacial score (nSPS) is 17.0. The molecule has 1 fully saturated rings. The molecule has 4 rings (SSSR count). The standard InChI is InChI=1S/C18H19N5O3/c1-21-8-3-4-14(21)16-20-19-15-6-5-12(11-23(15)16)17(24)22-9-7-13(10-22)18(25)26-2/h3-6,8,11,13H,7,9-10H2,1-2H3. The van der Waals surface area contributed by atoms with Gasteiger partial charge in [-0.3, -0.25) is 14.0 Å². The lowest BCUT2D eigenvalue weighted by Gasteiger charge is -2.16. The molecule has 3 aromatic rings. The minimum atomic E-state index is -0.263. The fraction of sp³-hybridized carbons (Fsp3) is 0.333. The molecule has 0 aromatic carbocycles. The van der Waals surface area contributed by atoms with Gasteiger partial charge in [-0.15, -0.1) is 10.2 Å². The zero-order chi connectivity index (χ0) is 18.3. The molecule has 1 saturated heterocycles. The average Bonchev–Trinajstić information content (AvgIpc) is 3.38. The lowest BCUT2D eigenvalue weighted by Crippen LogP contribution is -2.30. The van der Waals surface area contributed by atoms with Crippen LogP contribution in [0.4, 0.5) is 0 Å². The van der Waals surface area contributed by atoms with Crippen molar-refractivity contribution in [1.29, 1.82) is 0 Å². The zero-order valence-corrected chi connectivity index (χ0v) is 14.6. The molecule has 8 nitrogen and oxygen atoms in total. The Morgan fingerprint density at radius 2 is 2.08 bits per heavy atom. The van der Waals surface area contributed by atoms with Gasteiger partial charge in [-0.1, -0.05) is 0 Å². The molecule has 0 radical (unpaired) electrons. The number of carbonyl (C=O) groups excluding carboxylic acids is 2. The van der Waals surface area contributed by atoms with E-state index in [-0.39, 0.29) is 17.8 Å². The van der Waals surface area contributed by atoms with Crippen LogP contribution in [-0.4, -0.2) is 56.1 Å². The number of esters is 1. The van der Waals surface area contributed by atoms with Crippen LogP contribution in [0.3, 0.4) is 0 Å². The van der Waals surface area contributed by atoms with Gasteiger partial charge >= 0.3 is 5.97 Å². The third-order valence-electron chi connectivity index (χ3n) is 4.83. The summed E-state index contributed by atoms with van der Waals surface area (Å²) in [6, 6.07) is 7.40. The van der Waals surface area contributed by atoms with E-state index in [1.54, 1.807) is 23.2 Å². The Hall–Kier alpha value is -3.16. The summed E-state index contributed by atoms with van der Waals surface area (Å²) >= 11 is 0. The van der Waals surface area contributed by atoms with Crippen molar-refractivity contribution in [2.24, 2.45) is 13.0 Å². The summed E-state index contributed by atoms with van der Waals surface area (Å²) in [5.41, 5.74) is 2.12. The van der Waals surface area contributed by atoms with E-state index < -0.39 is 0 Å². The zero-order valence-electron chi connectivity index (χ0n) is 14.6. The number of rotatable bonds is 3.